The van der Waals surface area contributed by atoms with Crippen LogP contribution in [-0.2, 0) is 14.8 Å². The first-order valence-corrected chi connectivity index (χ1v) is 11.4. The smallest absolute Gasteiger partial charge is 0.241 e. The number of carbonyl (C=O) groups excluding carboxylic acids is 1. The molecule has 0 saturated carbocycles. The molecule has 1 atom stereocenters. The summed E-state index contributed by atoms with van der Waals surface area (Å²) in [6.45, 7) is 7.50. The minimum absolute atomic E-state index is 0.180. The van der Waals surface area contributed by atoms with Gasteiger partial charge in [0.15, 0.2) is 0 Å². The highest BCUT2D eigenvalue weighted by Gasteiger charge is 2.24. The van der Waals surface area contributed by atoms with Crippen molar-refractivity contribution in [2.75, 3.05) is 17.1 Å². The monoisotopic (exact) mass is 422 g/mol. The molecule has 0 aliphatic rings. The third-order valence-electron chi connectivity index (χ3n) is 4.66. The summed E-state index contributed by atoms with van der Waals surface area (Å²) in [6, 6.07) is 10.8. The van der Waals surface area contributed by atoms with E-state index in [1.165, 1.54) is 0 Å². The minimum atomic E-state index is -3.64. The SMILES string of the molecule is CC[C@@H](NC(=O)CN(c1ccc(Cl)cc1C)S(C)(=O)=O)c1ccc(C)cc1C. The summed E-state index contributed by atoms with van der Waals surface area (Å²) in [4.78, 5) is 12.7. The Hall–Kier alpha value is -2.05. The molecule has 2 rings (SSSR count). The van der Waals surface area contributed by atoms with Crippen LogP contribution in [0.25, 0.3) is 0 Å². The Bertz CT molecular complexity index is 974. The number of nitrogens with zero attached hydrogens (tertiary/aromatic N) is 1. The lowest BCUT2D eigenvalue weighted by molar-refractivity contribution is -0.120. The van der Waals surface area contributed by atoms with Crippen LogP contribution in [0.4, 0.5) is 5.69 Å². The second kappa shape index (κ2) is 8.97. The van der Waals surface area contributed by atoms with E-state index in [0.717, 1.165) is 27.3 Å². The molecule has 0 unspecified atom stereocenters. The van der Waals surface area contributed by atoms with Crippen LogP contribution in [0.3, 0.4) is 0 Å². The number of rotatable bonds is 7. The molecule has 0 radical (unpaired) electrons. The van der Waals surface area contributed by atoms with E-state index in [1.807, 2.05) is 32.9 Å². The highest BCUT2D eigenvalue weighted by molar-refractivity contribution is 7.92. The molecular formula is C21H27ClN2O3S. The van der Waals surface area contributed by atoms with Gasteiger partial charge in [-0.25, -0.2) is 8.42 Å². The number of halogens is 1. The quantitative estimate of drug-likeness (QED) is 0.723. The molecule has 5 nitrogen and oxygen atoms in total. The van der Waals surface area contributed by atoms with Crippen molar-refractivity contribution < 1.29 is 13.2 Å². The van der Waals surface area contributed by atoms with Gasteiger partial charge in [0.1, 0.15) is 6.54 Å². The number of anilines is 1. The van der Waals surface area contributed by atoms with E-state index in [0.29, 0.717) is 22.7 Å². The van der Waals surface area contributed by atoms with Crippen molar-refractivity contribution in [3.8, 4) is 0 Å². The number of nitrogens with one attached hydrogen (secondary N) is 1. The summed E-state index contributed by atoms with van der Waals surface area (Å²) in [5, 5.41) is 3.49. The molecule has 152 valence electrons. The first kappa shape index (κ1) is 22.2. The van der Waals surface area contributed by atoms with E-state index < -0.39 is 10.0 Å². The summed E-state index contributed by atoms with van der Waals surface area (Å²) >= 11 is 5.98. The van der Waals surface area contributed by atoms with Gasteiger partial charge in [-0.1, -0.05) is 42.3 Å². The molecule has 28 heavy (non-hydrogen) atoms. The summed E-state index contributed by atoms with van der Waals surface area (Å²) in [7, 11) is -3.64. The Morgan fingerprint density at radius 1 is 1.11 bits per heavy atom. The maximum atomic E-state index is 12.7. The first-order valence-electron chi connectivity index (χ1n) is 9.13. The fourth-order valence-corrected chi connectivity index (χ4v) is 4.41. The van der Waals surface area contributed by atoms with E-state index in [-0.39, 0.29) is 18.5 Å². The number of carbonyl (C=O) groups is 1. The second-order valence-corrected chi connectivity index (χ2v) is 9.43. The van der Waals surface area contributed by atoms with Crippen molar-refractivity contribution >= 4 is 33.2 Å². The van der Waals surface area contributed by atoms with Crippen LogP contribution in [0, 0.1) is 20.8 Å². The van der Waals surface area contributed by atoms with Crippen LogP contribution in [0.15, 0.2) is 36.4 Å². The van der Waals surface area contributed by atoms with Gasteiger partial charge in [0.05, 0.1) is 18.0 Å². The molecular weight excluding hydrogens is 396 g/mol. The molecule has 1 amide bonds. The maximum absolute atomic E-state index is 12.7. The number of sulfonamides is 1. The molecule has 1 N–H and O–H groups in total. The molecule has 2 aromatic rings. The fourth-order valence-electron chi connectivity index (χ4n) is 3.27. The van der Waals surface area contributed by atoms with Crippen molar-refractivity contribution in [1.82, 2.24) is 5.32 Å². The van der Waals surface area contributed by atoms with Crippen LogP contribution in [0.5, 0.6) is 0 Å². The van der Waals surface area contributed by atoms with Crippen LogP contribution in [0.2, 0.25) is 5.02 Å². The van der Waals surface area contributed by atoms with Crippen molar-refractivity contribution in [2.24, 2.45) is 0 Å². The van der Waals surface area contributed by atoms with Gasteiger partial charge in [0.25, 0.3) is 0 Å². The predicted octanol–water partition coefficient (Wildman–Crippen LogP) is 4.30. The van der Waals surface area contributed by atoms with Crippen LogP contribution in [0.1, 0.15) is 41.6 Å². The number of amides is 1. The lowest BCUT2D eigenvalue weighted by atomic mass is 9.97. The lowest BCUT2D eigenvalue weighted by Crippen LogP contribution is -2.41. The van der Waals surface area contributed by atoms with Gasteiger partial charge >= 0.3 is 0 Å². The Labute approximate surface area is 172 Å². The van der Waals surface area contributed by atoms with Gasteiger partial charge < -0.3 is 5.32 Å². The summed E-state index contributed by atoms with van der Waals surface area (Å²) in [5.41, 5.74) is 4.42. The molecule has 2 aromatic carbocycles. The summed E-state index contributed by atoms with van der Waals surface area (Å²) in [6.07, 6.45) is 1.80. The van der Waals surface area contributed by atoms with Crippen molar-refractivity contribution in [3.63, 3.8) is 0 Å². The molecule has 0 aromatic heterocycles. The molecule has 0 spiro atoms. The first-order chi connectivity index (χ1) is 13.0. The van der Waals surface area contributed by atoms with Crippen molar-refractivity contribution in [2.45, 2.75) is 40.2 Å². The van der Waals surface area contributed by atoms with Gasteiger partial charge in [-0.2, -0.15) is 0 Å². The number of benzene rings is 2. The van der Waals surface area contributed by atoms with Gasteiger partial charge in [-0.05, 0) is 62.1 Å². The largest absolute Gasteiger partial charge is 0.348 e. The van der Waals surface area contributed by atoms with Crippen molar-refractivity contribution in [3.05, 3.63) is 63.7 Å². The Morgan fingerprint density at radius 3 is 2.32 bits per heavy atom. The number of hydrogen-bond acceptors (Lipinski definition) is 3. The van der Waals surface area contributed by atoms with E-state index in [9.17, 15) is 13.2 Å². The summed E-state index contributed by atoms with van der Waals surface area (Å²) in [5.74, 6) is -0.355. The molecule has 0 aliphatic carbocycles. The van der Waals surface area contributed by atoms with Gasteiger partial charge in [-0.15, -0.1) is 0 Å². The Morgan fingerprint density at radius 2 is 1.79 bits per heavy atom. The molecule has 0 bridgehead atoms. The maximum Gasteiger partial charge on any atom is 0.241 e. The molecule has 7 heteroatoms. The highest BCUT2D eigenvalue weighted by atomic mass is 35.5. The highest BCUT2D eigenvalue weighted by Crippen LogP contribution is 2.26. The normalized spacial score (nSPS) is 12.5. The zero-order valence-electron chi connectivity index (χ0n) is 16.9. The third kappa shape index (κ3) is 5.49. The lowest BCUT2D eigenvalue weighted by Gasteiger charge is -2.26. The van der Waals surface area contributed by atoms with E-state index >= 15 is 0 Å². The predicted molar refractivity (Wildman–Crippen MR) is 115 cm³/mol. The van der Waals surface area contributed by atoms with Crippen molar-refractivity contribution in [1.29, 1.82) is 0 Å². The number of aryl methyl sites for hydroxylation is 3. The third-order valence-corrected chi connectivity index (χ3v) is 6.02. The second-order valence-electron chi connectivity index (χ2n) is 7.09. The Balaban J connectivity index is 2.26. The van der Waals surface area contributed by atoms with E-state index in [1.54, 1.807) is 25.1 Å². The van der Waals surface area contributed by atoms with Crippen LogP contribution >= 0.6 is 11.6 Å². The van der Waals surface area contributed by atoms with Gasteiger partial charge in [0, 0.05) is 5.02 Å². The average molecular weight is 423 g/mol. The van der Waals surface area contributed by atoms with E-state index in [4.69, 9.17) is 11.6 Å². The molecule has 0 saturated heterocycles. The number of hydrogen-bond donors (Lipinski definition) is 1. The molecule has 0 aliphatic heterocycles. The summed E-state index contributed by atoms with van der Waals surface area (Å²) < 4.78 is 25.8. The van der Waals surface area contributed by atoms with Gasteiger partial charge in [0.2, 0.25) is 15.9 Å². The topological polar surface area (TPSA) is 66.5 Å². The van der Waals surface area contributed by atoms with Crippen LogP contribution in [-0.4, -0.2) is 27.1 Å². The zero-order chi connectivity index (χ0) is 21.1. The Kier molecular flexibility index (Phi) is 7.12. The fraction of sp³-hybridized carbons (Fsp3) is 0.381. The zero-order valence-corrected chi connectivity index (χ0v) is 18.5. The molecule has 0 fully saturated rings. The average Bonchev–Trinajstić information content (AvgIpc) is 2.58. The van der Waals surface area contributed by atoms with Gasteiger partial charge in [-0.3, -0.25) is 9.10 Å². The molecule has 0 heterocycles. The standard InChI is InChI=1S/C21H27ClN2O3S/c1-6-19(18-9-7-14(2)11-15(18)3)23-21(25)13-24(28(5,26)27)20-10-8-17(22)12-16(20)4/h7-12,19H,6,13H2,1-5H3,(H,23,25)/t19-/m1/s1. The minimum Gasteiger partial charge on any atom is -0.348 e. The van der Waals surface area contributed by atoms with Crippen LogP contribution < -0.4 is 9.62 Å². The van der Waals surface area contributed by atoms with E-state index in [2.05, 4.69) is 11.4 Å².